The van der Waals surface area contributed by atoms with Gasteiger partial charge in [0.1, 0.15) is 10.5 Å². The van der Waals surface area contributed by atoms with Crippen LogP contribution in [0.2, 0.25) is 0 Å². The lowest BCUT2D eigenvalue weighted by Gasteiger charge is -2.08. The second-order valence-electron chi connectivity index (χ2n) is 4.11. The highest BCUT2D eigenvalue weighted by Crippen LogP contribution is 2.21. The van der Waals surface area contributed by atoms with E-state index in [2.05, 4.69) is 38.8 Å². The number of fused-ring (bicyclic) bond motifs is 1. The van der Waals surface area contributed by atoms with Crippen molar-refractivity contribution in [3.8, 4) is 0 Å². The Balaban J connectivity index is 2.42. The van der Waals surface area contributed by atoms with E-state index in [1.807, 2.05) is 11.6 Å². The molecule has 0 atom stereocenters. The molecule has 0 aliphatic heterocycles. The number of thiocarbonyl (C=S) groups is 1. The Morgan fingerprint density at radius 2 is 2.33 bits per heavy atom. The zero-order valence-corrected chi connectivity index (χ0v) is 13.3. The normalized spacial score (nSPS) is 11.4. The van der Waals surface area contributed by atoms with Gasteiger partial charge in [0.2, 0.25) is 4.80 Å². The van der Waals surface area contributed by atoms with Crippen LogP contribution in [0.3, 0.4) is 0 Å². The van der Waals surface area contributed by atoms with Crippen LogP contribution in [0.4, 0.5) is 5.00 Å². The van der Waals surface area contributed by atoms with Gasteiger partial charge in [-0.2, -0.15) is 4.98 Å². The summed E-state index contributed by atoms with van der Waals surface area (Å²) in [6.45, 7) is 8.42. The number of nitrogens with zero attached hydrogens (tertiary/aromatic N) is 4. The van der Waals surface area contributed by atoms with Gasteiger partial charge in [-0.1, -0.05) is 23.5 Å². The standard InChI is InChI=1S/C13H16N6S2/c1-4-6-14-12(20)18-11-9-10(19(3)8-16-9)17-13(21-11)15-7-5-2/h4-5,8H,1-2,6-7H2,3H3,(H2,14,18,20). The zero-order chi connectivity index (χ0) is 15.2. The SMILES string of the molecule is C=CCN=c1nc2c(ncn2C)c(NC(=S)NCC=C)s1. The highest BCUT2D eigenvalue weighted by molar-refractivity contribution is 7.80. The highest BCUT2D eigenvalue weighted by Gasteiger charge is 2.10. The van der Waals surface area contributed by atoms with Crippen LogP contribution < -0.4 is 15.4 Å². The first-order valence-electron chi connectivity index (χ1n) is 6.25. The predicted octanol–water partition coefficient (Wildman–Crippen LogP) is 1.59. The highest BCUT2D eigenvalue weighted by atomic mass is 32.1. The van der Waals surface area contributed by atoms with Gasteiger partial charge in [-0.3, -0.25) is 4.99 Å². The Morgan fingerprint density at radius 3 is 3.05 bits per heavy atom. The van der Waals surface area contributed by atoms with E-state index in [1.165, 1.54) is 11.3 Å². The lowest BCUT2D eigenvalue weighted by molar-refractivity contribution is 0.925. The summed E-state index contributed by atoms with van der Waals surface area (Å²) in [7, 11) is 1.89. The van der Waals surface area contributed by atoms with Crippen molar-refractivity contribution in [1.29, 1.82) is 0 Å². The van der Waals surface area contributed by atoms with Crippen molar-refractivity contribution in [2.45, 2.75) is 0 Å². The summed E-state index contributed by atoms with van der Waals surface area (Å²) in [6.07, 6.45) is 5.18. The molecule has 8 heteroatoms. The molecule has 0 saturated carbocycles. The maximum atomic E-state index is 5.24. The van der Waals surface area contributed by atoms with E-state index in [-0.39, 0.29) is 0 Å². The molecule has 2 aromatic heterocycles. The molecule has 0 unspecified atom stereocenters. The molecule has 0 saturated heterocycles. The zero-order valence-electron chi connectivity index (χ0n) is 11.7. The van der Waals surface area contributed by atoms with Gasteiger partial charge in [0, 0.05) is 13.6 Å². The summed E-state index contributed by atoms with van der Waals surface area (Å²) in [5.74, 6) is 0. The monoisotopic (exact) mass is 320 g/mol. The van der Waals surface area contributed by atoms with Gasteiger partial charge < -0.3 is 15.2 Å². The van der Waals surface area contributed by atoms with E-state index in [0.717, 1.165) is 16.2 Å². The van der Waals surface area contributed by atoms with Crippen LogP contribution >= 0.6 is 23.6 Å². The molecule has 0 radical (unpaired) electrons. The third-order valence-electron chi connectivity index (χ3n) is 2.51. The molecular weight excluding hydrogens is 304 g/mol. The first-order chi connectivity index (χ1) is 10.2. The predicted molar refractivity (Wildman–Crippen MR) is 91.4 cm³/mol. The van der Waals surface area contributed by atoms with Gasteiger partial charge in [0.05, 0.1) is 12.9 Å². The van der Waals surface area contributed by atoms with Crippen molar-refractivity contribution in [1.82, 2.24) is 19.9 Å². The largest absolute Gasteiger partial charge is 0.359 e. The topological polar surface area (TPSA) is 67.1 Å². The van der Waals surface area contributed by atoms with Gasteiger partial charge in [-0.15, -0.1) is 13.2 Å². The maximum Gasteiger partial charge on any atom is 0.208 e. The smallest absolute Gasteiger partial charge is 0.208 e. The minimum Gasteiger partial charge on any atom is -0.359 e. The number of imidazole rings is 1. The Morgan fingerprint density at radius 1 is 1.52 bits per heavy atom. The fourth-order valence-electron chi connectivity index (χ4n) is 1.58. The van der Waals surface area contributed by atoms with Crippen LogP contribution in [-0.4, -0.2) is 32.7 Å². The third kappa shape index (κ3) is 3.73. The van der Waals surface area contributed by atoms with Crippen molar-refractivity contribution >= 4 is 44.8 Å². The Kier molecular flexibility index (Phi) is 5.18. The second-order valence-corrected chi connectivity index (χ2v) is 5.49. The van der Waals surface area contributed by atoms with Crippen molar-refractivity contribution in [2.75, 3.05) is 18.4 Å². The number of anilines is 1. The number of hydrogen-bond acceptors (Lipinski definition) is 5. The van der Waals surface area contributed by atoms with Crippen LogP contribution in [0, 0.1) is 0 Å². The van der Waals surface area contributed by atoms with Crippen LogP contribution in [0.25, 0.3) is 11.2 Å². The quantitative estimate of drug-likeness (QED) is 0.647. The summed E-state index contributed by atoms with van der Waals surface area (Å²) < 4.78 is 1.85. The van der Waals surface area contributed by atoms with E-state index in [4.69, 9.17) is 12.2 Å². The van der Waals surface area contributed by atoms with E-state index in [0.29, 0.717) is 23.0 Å². The first-order valence-corrected chi connectivity index (χ1v) is 7.47. The van der Waals surface area contributed by atoms with E-state index >= 15 is 0 Å². The lowest BCUT2D eigenvalue weighted by Crippen LogP contribution is -2.28. The van der Waals surface area contributed by atoms with Crippen molar-refractivity contribution in [2.24, 2.45) is 12.0 Å². The molecule has 0 amide bonds. The van der Waals surface area contributed by atoms with Crippen LogP contribution in [0.1, 0.15) is 0 Å². The lowest BCUT2D eigenvalue weighted by atomic mass is 10.5. The molecule has 2 N–H and O–H groups in total. The van der Waals surface area contributed by atoms with Crippen molar-refractivity contribution < 1.29 is 0 Å². The van der Waals surface area contributed by atoms with Crippen LogP contribution in [0.5, 0.6) is 0 Å². The molecule has 2 aromatic rings. The molecule has 0 bridgehead atoms. The van der Waals surface area contributed by atoms with Gasteiger partial charge in [-0.05, 0) is 12.2 Å². The molecule has 2 heterocycles. The summed E-state index contributed by atoms with van der Waals surface area (Å²) in [5.41, 5.74) is 1.52. The third-order valence-corrected chi connectivity index (χ3v) is 3.65. The number of aryl methyl sites for hydroxylation is 1. The molecule has 0 aliphatic rings. The summed E-state index contributed by atoms with van der Waals surface area (Å²) in [4.78, 5) is 13.8. The van der Waals surface area contributed by atoms with Gasteiger partial charge in [-0.25, -0.2) is 4.98 Å². The molecule has 0 aromatic carbocycles. The average molecular weight is 320 g/mol. The van der Waals surface area contributed by atoms with Gasteiger partial charge in [0.15, 0.2) is 10.8 Å². The number of aromatic nitrogens is 3. The van der Waals surface area contributed by atoms with Crippen molar-refractivity contribution in [3.05, 3.63) is 36.4 Å². The number of rotatable bonds is 5. The minimum atomic E-state index is 0.513. The molecule has 0 aliphatic carbocycles. The maximum absolute atomic E-state index is 5.24. The summed E-state index contributed by atoms with van der Waals surface area (Å²) >= 11 is 6.64. The Hall–Kier alpha value is -2.06. The van der Waals surface area contributed by atoms with E-state index < -0.39 is 0 Å². The molecule has 110 valence electrons. The Bertz CT molecular complexity index is 743. The van der Waals surface area contributed by atoms with E-state index in [9.17, 15) is 0 Å². The molecular formula is C13H16N6S2. The van der Waals surface area contributed by atoms with Gasteiger partial charge in [0.25, 0.3) is 0 Å². The fraction of sp³-hybridized carbons (Fsp3) is 0.231. The van der Waals surface area contributed by atoms with Crippen LogP contribution in [0.15, 0.2) is 36.6 Å². The molecule has 21 heavy (non-hydrogen) atoms. The fourth-order valence-corrected chi connectivity index (χ4v) is 2.67. The summed E-state index contributed by atoms with van der Waals surface area (Å²) in [6, 6.07) is 0. The molecule has 0 spiro atoms. The molecule has 0 fully saturated rings. The second kappa shape index (κ2) is 7.09. The van der Waals surface area contributed by atoms with Crippen molar-refractivity contribution in [3.63, 3.8) is 0 Å². The molecule has 2 rings (SSSR count). The summed E-state index contributed by atoms with van der Waals surface area (Å²) in [5, 5.41) is 7.48. The minimum absolute atomic E-state index is 0.513. The average Bonchev–Trinajstić information content (AvgIpc) is 2.85. The molecule has 6 nitrogen and oxygen atoms in total. The first kappa shape index (κ1) is 15.3. The Labute approximate surface area is 132 Å². The number of nitrogens with one attached hydrogen (secondary N) is 2. The number of hydrogen-bond donors (Lipinski definition) is 2. The van der Waals surface area contributed by atoms with E-state index in [1.54, 1.807) is 18.5 Å². The van der Waals surface area contributed by atoms with Gasteiger partial charge >= 0.3 is 0 Å². The van der Waals surface area contributed by atoms with Crippen LogP contribution in [-0.2, 0) is 7.05 Å².